The summed E-state index contributed by atoms with van der Waals surface area (Å²) < 4.78 is 35.8. The molecule has 1 heterocycles. The number of hydrogen-bond donors (Lipinski definition) is 0. The van der Waals surface area contributed by atoms with E-state index in [1.54, 1.807) is 19.1 Å². The van der Waals surface area contributed by atoms with Gasteiger partial charge in [-0.1, -0.05) is 67.4 Å². The standard InChI is InChI=1S/C47H59N3O14/c1-57-42-17-10-8-15-38(42)33-59-24-13-25-60-40-22-20-36(21-23-40)47-39(34-62-46(52)19-6-4-12-27-64-50(55)56)30-48(45(51)18-5-3-11-26-63-49(53)54)31-44(47)61-32-35-28-37-14-7-9-16-41(37)43(29-35)58-2/h7-10,14-17,20-23,28-29,39,44,47H,3-6,11-13,18-19,24-27,30-34H2,1-2H3. The average Bonchev–Trinajstić information content (AvgIpc) is 3.30. The number of nitrogens with zero attached hydrogens (tertiary/aromatic N) is 3. The largest absolute Gasteiger partial charge is 0.496 e. The number of piperidine rings is 1. The van der Waals surface area contributed by atoms with Crippen LogP contribution in [0.2, 0.25) is 0 Å². The lowest BCUT2D eigenvalue weighted by Crippen LogP contribution is -2.52. The molecule has 0 radical (unpaired) electrons. The second kappa shape index (κ2) is 26.4. The van der Waals surface area contributed by atoms with Crippen LogP contribution in [-0.2, 0) is 46.7 Å². The molecule has 1 saturated heterocycles. The number of benzene rings is 4. The van der Waals surface area contributed by atoms with Crippen LogP contribution >= 0.6 is 0 Å². The number of likely N-dealkylation sites (tertiary alicyclic amines) is 1. The van der Waals surface area contributed by atoms with Gasteiger partial charge >= 0.3 is 5.97 Å². The second-order valence-electron chi connectivity index (χ2n) is 15.5. The Labute approximate surface area is 373 Å². The topological polar surface area (TPSA) is 197 Å². The first kappa shape index (κ1) is 48.8. The number of methoxy groups -OCH3 is 2. The van der Waals surface area contributed by atoms with Crippen molar-refractivity contribution in [3.8, 4) is 17.2 Å². The Hall–Kier alpha value is -6.20. The summed E-state index contributed by atoms with van der Waals surface area (Å²) in [5, 5.41) is 21.3. The summed E-state index contributed by atoms with van der Waals surface area (Å²) in [5.74, 6) is 1.01. The van der Waals surface area contributed by atoms with Gasteiger partial charge in [-0.3, -0.25) is 9.59 Å². The first-order valence-corrected chi connectivity index (χ1v) is 21.7. The minimum atomic E-state index is -0.837. The predicted octanol–water partition coefficient (Wildman–Crippen LogP) is 8.05. The van der Waals surface area contributed by atoms with Crippen molar-refractivity contribution < 1.29 is 57.9 Å². The zero-order valence-electron chi connectivity index (χ0n) is 36.6. The lowest BCUT2D eigenvalue weighted by molar-refractivity contribution is -0.757. The Morgan fingerprint density at radius 3 is 2.11 bits per heavy atom. The molecule has 346 valence electrons. The van der Waals surface area contributed by atoms with Gasteiger partial charge < -0.3 is 43.0 Å². The number of para-hydroxylation sites is 1. The minimum absolute atomic E-state index is 0.0205. The molecule has 0 aliphatic carbocycles. The van der Waals surface area contributed by atoms with Crippen LogP contribution in [0.15, 0.2) is 84.9 Å². The van der Waals surface area contributed by atoms with Gasteiger partial charge in [-0.2, -0.15) is 0 Å². The number of ether oxygens (including phenoxy) is 6. The summed E-state index contributed by atoms with van der Waals surface area (Å²) in [5.41, 5.74) is 2.79. The molecular formula is C47H59N3O14. The van der Waals surface area contributed by atoms with E-state index >= 15 is 0 Å². The van der Waals surface area contributed by atoms with Crippen LogP contribution in [0.25, 0.3) is 10.8 Å². The first-order valence-electron chi connectivity index (χ1n) is 21.7. The monoisotopic (exact) mass is 889 g/mol. The summed E-state index contributed by atoms with van der Waals surface area (Å²) in [6.45, 7) is 2.11. The smallest absolute Gasteiger partial charge is 0.305 e. The molecule has 3 unspecified atom stereocenters. The molecule has 3 atom stereocenters. The van der Waals surface area contributed by atoms with Gasteiger partial charge in [-0.25, -0.2) is 0 Å². The second-order valence-corrected chi connectivity index (χ2v) is 15.5. The van der Waals surface area contributed by atoms with E-state index in [4.69, 9.17) is 28.4 Å². The Morgan fingerprint density at radius 1 is 0.703 bits per heavy atom. The number of esters is 1. The first-order chi connectivity index (χ1) is 31.1. The van der Waals surface area contributed by atoms with Crippen LogP contribution in [-0.4, -0.2) is 93.4 Å². The van der Waals surface area contributed by atoms with Gasteiger partial charge in [0.25, 0.3) is 10.2 Å². The van der Waals surface area contributed by atoms with Crippen molar-refractivity contribution in [1.82, 2.24) is 4.90 Å². The Balaban J connectivity index is 1.30. The highest BCUT2D eigenvalue weighted by atomic mass is 17.0. The molecule has 0 saturated carbocycles. The van der Waals surface area contributed by atoms with E-state index in [-0.39, 0.29) is 63.6 Å². The molecule has 1 amide bonds. The van der Waals surface area contributed by atoms with Crippen LogP contribution in [0.4, 0.5) is 0 Å². The van der Waals surface area contributed by atoms with E-state index in [1.807, 2.05) is 78.9 Å². The molecule has 0 bridgehead atoms. The third-order valence-electron chi connectivity index (χ3n) is 11.0. The molecule has 4 aromatic rings. The molecule has 64 heavy (non-hydrogen) atoms. The fraction of sp³-hybridized carbons (Fsp3) is 0.489. The maximum Gasteiger partial charge on any atom is 0.305 e. The van der Waals surface area contributed by atoms with Gasteiger partial charge in [0.2, 0.25) is 5.91 Å². The van der Waals surface area contributed by atoms with Crippen LogP contribution in [0.1, 0.15) is 80.4 Å². The quantitative estimate of drug-likeness (QED) is 0.0220. The van der Waals surface area contributed by atoms with Crippen molar-refractivity contribution in [2.75, 3.05) is 60.3 Å². The van der Waals surface area contributed by atoms with E-state index < -0.39 is 22.2 Å². The van der Waals surface area contributed by atoms with Crippen LogP contribution in [0.3, 0.4) is 0 Å². The van der Waals surface area contributed by atoms with Gasteiger partial charge in [0.15, 0.2) is 0 Å². The SMILES string of the molecule is COc1ccccc1COCCCOc1ccc(C2C(COC(=O)CCCCCO[N+](=O)[O-])CN(C(=O)CCCCCO[N+](=O)[O-])CC2OCc2cc(OC)c3ccccc3c2)cc1. The molecule has 0 aromatic heterocycles. The zero-order chi connectivity index (χ0) is 45.5. The number of hydrogen-bond acceptors (Lipinski definition) is 14. The number of unbranched alkanes of at least 4 members (excludes halogenated alkanes) is 4. The zero-order valence-corrected chi connectivity index (χ0v) is 36.6. The third kappa shape index (κ3) is 15.9. The highest BCUT2D eigenvalue weighted by Crippen LogP contribution is 2.38. The molecule has 5 rings (SSSR count). The minimum Gasteiger partial charge on any atom is -0.496 e. The van der Waals surface area contributed by atoms with E-state index in [0.29, 0.717) is 82.8 Å². The van der Waals surface area contributed by atoms with Crippen molar-refractivity contribution in [1.29, 1.82) is 0 Å². The number of amides is 1. The maximum absolute atomic E-state index is 13.8. The van der Waals surface area contributed by atoms with E-state index in [0.717, 1.165) is 33.2 Å². The molecule has 0 spiro atoms. The molecule has 1 fully saturated rings. The highest BCUT2D eigenvalue weighted by molar-refractivity contribution is 5.89. The van der Waals surface area contributed by atoms with Crippen molar-refractivity contribution in [2.45, 2.75) is 83.0 Å². The summed E-state index contributed by atoms with van der Waals surface area (Å²) in [7, 11) is 3.26. The van der Waals surface area contributed by atoms with Crippen molar-refractivity contribution in [2.24, 2.45) is 5.92 Å². The van der Waals surface area contributed by atoms with Gasteiger partial charge in [0.05, 0.1) is 66.6 Å². The van der Waals surface area contributed by atoms with Gasteiger partial charge in [-0.05, 0) is 72.5 Å². The Bertz CT molecular complexity index is 2080. The predicted molar refractivity (Wildman–Crippen MR) is 235 cm³/mol. The fourth-order valence-corrected chi connectivity index (χ4v) is 7.85. The molecule has 1 aliphatic heterocycles. The highest BCUT2D eigenvalue weighted by Gasteiger charge is 2.41. The molecule has 17 nitrogen and oxygen atoms in total. The van der Waals surface area contributed by atoms with Crippen molar-refractivity contribution in [3.63, 3.8) is 0 Å². The third-order valence-corrected chi connectivity index (χ3v) is 11.0. The van der Waals surface area contributed by atoms with E-state index in [1.165, 1.54) is 0 Å². The summed E-state index contributed by atoms with van der Waals surface area (Å²) >= 11 is 0. The van der Waals surface area contributed by atoms with Crippen molar-refractivity contribution >= 4 is 22.6 Å². The van der Waals surface area contributed by atoms with E-state index in [2.05, 4.69) is 15.7 Å². The average molecular weight is 890 g/mol. The van der Waals surface area contributed by atoms with Gasteiger partial charge in [0, 0.05) is 55.1 Å². The van der Waals surface area contributed by atoms with Gasteiger partial charge in [-0.15, -0.1) is 20.2 Å². The number of carbonyl (C=O) groups excluding carboxylic acids is 2. The van der Waals surface area contributed by atoms with Crippen LogP contribution < -0.4 is 14.2 Å². The molecule has 0 N–H and O–H groups in total. The van der Waals surface area contributed by atoms with Crippen LogP contribution in [0.5, 0.6) is 17.2 Å². The van der Waals surface area contributed by atoms with Gasteiger partial charge in [0.1, 0.15) is 17.2 Å². The Kier molecular flexibility index (Phi) is 20.2. The molecule has 17 heteroatoms. The number of fused-ring (bicyclic) bond motifs is 1. The van der Waals surface area contributed by atoms with Crippen LogP contribution in [0, 0.1) is 26.1 Å². The molecule has 4 aromatic carbocycles. The number of carbonyl (C=O) groups is 2. The summed E-state index contributed by atoms with van der Waals surface area (Å²) in [4.78, 5) is 58.4. The maximum atomic E-state index is 13.8. The Morgan fingerprint density at radius 2 is 1.39 bits per heavy atom. The summed E-state index contributed by atoms with van der Waals surface area (Å²) in [6, 6.07) is 27.4. The lowest BCUT2D eigenvalue weighted by Gasteiger charge is -2.44. The van der Waals surface area contributed by atoms with E-state index in [9.17, 15) is 29.8 Å². The fourth-order valence-electron chi connectivity index (χ4n) is 7.85. The number of rotatable bonds is 29. The summed E-state index contributed by atoms with van der Waals surface area (Å²) in [6.07, 6.45) is 3.49. The molecule has 1 aliphatic rings. The van der Waals surface area contributed by atoms with Crippen molar-refractivity contribution in [3.05, 3.63) is 122 Å². The normalized spacial score (nSPS) is 15.9. The molecular weight excluding hydrogens is 831 g/mol. The lowest BCUT2D eigenvalue weighted by atomic mass is 9.78.